The van der Waals surface area contributed by atoms with Gasteiger partial charge in [-0.25, -0.2) is 9.48 Å². The number of hydrogen-bond acceptors (Lipinski definition) is 4. The van der Waals surface area contributed by atoms with Gasteiger partial charge in [0, 0.05) is 48.2 Å². The summed E-state index contributed by atoms with van der Waals surface area (Å²) in [5.41, 5.74) is 2.39. The van der Waals surface area contributed by atoms with Gasteiger partial charge in [-0.1, -0.05) is 11.6 Å². The Kier molecular flexibility index (Phi) is 6.26. The van der Waals surface area contributed by atoms with Crippen molar-refractivity contribution in [2.24, 2.45) is 7.05 Å². The zero-order valence-corrected chi connectivity index (χ0v) is 18.9. The number of nitrogens with zero attached hydrogens (tertiary/aromatic N) is 3. The van der Waals surface area contributed by atoms with Crippen LogP contribution in [0.15, 0.2) is 59.4 Å². The number of likely N-dealkylation sites (tertiary alicyclic amines) is 1. The van der Waals surface area contributed by atoms with E-state index in [0.717, 1.165) is 5.69 Å². The van der Waals surface area contributed by atoms with Gasteiger partial charge in [0.2, 0.25) is 5.91 Å². The summed E-state index contributed by atoms with van der Waals surface area (Å²) in [6.07, 6.45) is -0.665. The van der Waals surface area contributed by atoms with Crippen molar-refractivity contribution >= 4 is 34.9 Å². The van der Waals surface area contributed by atoms with Crippen LogP contribution in [-0.4, -0.2) is 50.0 Å². The number of aliphatic hydroxyl groups excluding tert-OH is 1. The Bertz CT molecular complexity index is 1230. The van der Waals surface area contributed by atoms with E-state index >= 15 is 0 Å². The first kappa shape index (κ1) is 22.6. The minimum absolute atomic E-state index is 0.0478. The van der Waals surface area contributed by atoms with E-state index in [-0.39, 0.29) is 18.5 Å². The summed E-state index contributed by atoms with van der Waals surface area (Å²) in [6.45, 7) is 1.89. The number of aryl methyl sites for hydroxylation is 1. The first-order chi connectivity index (χ1) is 15.7. The molecule has 1 aliphatic rings. The van der Waals surface area contributed by atoms with Crippen LogP contribution in [0.25, 0.3) is 5.69 Å². The van der Waals surface area contributed by atoms with E-state index in [0.29, 0.717) is 22.1 Å². The van der Waals surface area contributed by atoms with Crippen molar-refractivity contribution < 1.29 is 14.7 Å². The molecule has 2 atom stereocenters. The van der Waals surface area contributed by atoms with E-state index in [1.54, 1.807) is 66.3 Å². The summed E-state index contributed by atoms with van der Waals surface area (Å²) >= 11 is 5.87. The normalized spacial score (nSPS) is 17.8. The molecule has 2 unspecified atom stereocenters. The van der Waals surface area contributed by atoms with Crippen LogP contribution in [0.2, 0.25) is 5.02 Å². The van der Waals surface area contributed by atoms with E-state index in [1.165, 1.54) is 9.58 Å². The Morgan fingerprint density at radius 3 is 2.24 bits per heavy atom. The van der Waals surface area contributed by atoms with E-state index in [1.807, 2.05) is 6.92 Å². The third-order valence-electron chi connectivity index (χ3n) is 5.67. The summed E-state index contributed by atoms with van der Waals surface area (Å²) in [5.74, 6) is -0.405. The molecule has 1 fully saturated rings. The topological polar surface area (TPSA) is 109 Å². The van der Waals surface area contributed by atoms with Gasteiger partial charge in [-0.05, 0) is 55.5 Å². The molecule has 0 saturated carbocycles. The third kappa shape index (κ3) is 4.79. The number of benzene rings is 2. The van der Waals surface area contributed by atoms with Crippen LogP contribution in [-0.2, 0) is 11.8 Å². The van der Waals surface area contributed by atoms with E-state index < -0.39 is 24.1 Å². The molecule has 2 aromatic carbocycles. The Hall–Kier alpha value is -3.56. The van der Waals surface area contributed by atoms with E-state index in [4.69, 9.17) is 11.6 Å². The summed E-state index contributed by atoms with van der Waals surface area (Å²) in [7, 11) is 1.79. The lowest BCUT2D eigenvalue weighted by Crippen LogP contribution is -2.45. The number of carbonyl (C=O) groups excluding carboxylic acids is 2. The van der Waals surface area contributed by atoms with Gasteiger partial charge < -0.3 is 20.6 Å². The van der Waals surface area contributed by atoms with Crippen LogP contribution < -0.4 is 16.2 Å². The fourth-order valence-corrected chi connectivity index (χ4v) is 3.99. The number of anilines is 2. The summed E-state index contributed by atoms with van der Waals surface area (Å²) in [4.78, 5) is 39.1. The maximum absolute atomic E-state index is 12.9. The monoisotopic (exact) mass is 469 g/mol. The van der Waals surface area contributed by atoms with Gasteiger partial charge in [0.15, 0.2) is 0 Å². The zero-order valence-electron chi connectivity index (χ0n) is 18.2. The van der Waals surface area contributed by atoms with Crippen molar-refractivity contribution in [3.05, 3.63) is 75.7 Å². The molecule has 9 nitrogen and oxygen atoms in total. The predicted octanol–water partition coefficient (Wildman–Crippen LogP) is 2.74. The molecule has 3 aromatic rings. The van der Waals surface area contributed by atoms with Gasteiger partial charge in [-0.3, -0.25) is 14.3 Å². The van der Waals surface area contributed by atoms with Crippen LogP contribution in [0.3, 0.4) is 0 Å². The highest BCUT2D eigenvalue weighted by Crippen LogP contribution is 2.22. The van der Waals surface area contributed by atoms with Crippen LogP contribution in [0.5, 0.6) is 0 Å². The predicted molar refractivity (Wildman–Crippen MR) is 126 cm³/mol. The molecule has 10 heteroatoms. The van der Waals surface area contributed by atoms with Gasteiger partial charge in [0.1, 0.15) is 6.04 Å². The number of aromatic nitrogens is 2. The Morgan fingerprint density at radius 2 is 1.64 bits per heavy atom. The molecule has 3 amide bonds. The highest BCUT2D eigenvalue weighted by Gasteiger charge is 2.39. The van der Waals surface area contributed by atoms with Crippen molar-refractivity contribution in [2.45, 2.75) is 25.5 Å². The van der Waals surface area contributed by atoms with Crippen molar-refractivity contribution in [1.82, 2.24) is 14.3 Å². The Balaban J connectivity index is 1.45. The molecular weight excluding hydrogens is 446 g/mol. The van der Waals surface area contributed by atoms with Crippen LogP contribution in [0.1, 0.15) is 12.1 Å². The number of hydrogen-bond donors (Lipinski definition) is 3. The number of halogens is 1. The van der Waals surface area contributed by atoms with Crippen LogP contribution >= 0.6 is 11.6 Å². The van der Waals surface area contributed by atoms with Gasteiger partial charge >= 0.3 is 6.03 Å². The first-order valence-electron chi connectivity index (χ1n) is 10.4. The highest BCUT2D eigenvalue weighted by molar-refractivity contribution is 6.30. The summed E-state index contributed by atoms with van der Waals surface area (Å²) < 4.78 is 3.27. The molecule has 1 aromatic heterocycles. The minimum Gasteiger partial charge on any atom is -0.391 e. The molecule has 4 rings (SSSR count). The zero-order chi connectivity index (χ0) is 23.7. The minimum atomic E-state index is -0.829. The Morgan fingerprint density at radius 1 is 1.03 bits per heavy atom. The number of β-amino-alcohol motifs (C(OH)–C–C–N with tert-alkyl or cyclic N) is 1. The molecule has 0 aliphatic carbocycles. The van der Waals surface area contributed by atoms with Crippen molar-refractivity contribution in [1.29, 1.82) is 0 Å². The Labute approximate surface area is 195 Å². The number of urea groups is 1. The van der Waals surface area contributed by atoms with Gasteiger partial charge in [-0.2, -0.15) is 0 Å². The van der Waals surface area contributed by atoms with E-state index in [9.17, 15) is 19.5 Å². The molecule has 33 heavy (non-hydrogen) atoms. The second kappa shape index (κ2) is 9.13. The first-order valence-corrected chi connectivity index (χ1v) is 10.8. The van der Waals surface area contributed by atoms with Crippen molar-refractivity contribution in [3.8, 4) is 5.69 Å². The molecule has 172 valence electrons. The lowest BCUT2D eigenvalue weighted by Gasteiger charge is -2.24. The number of aliphatic hydroxyl groups is 1. The standard InChI is InChI=1S/C23H24ClN5O4/c1-14-11-21(31)29(27(14)2)18-9-7-16(8-10-18)25-22(32)20-12-19(30)13-28(20)23(33)26-17-5-3-15(24)4-6-17/h3-11,19-20,30H,12-13H2,1-2H3,(H,25,32)(H,26,33). The van der Waals surface area contributed by atoms with Crippen molar-refractivity contribution in [3.63, 3.8) is 0 Å². The molecule has 3 N–H and O–H groups in total. The molecule has 2 heterocycles. The smallest absolute Gasteiger partial charge is 0.322 e. The molecule has 1 saturated heterocycles. The summed E-state index contributed by atoms with van der Waals surface area (Å²) in [5, 5.41) is 16.2. The van der Waals surface area contributed by atoms with Crippen molar-refractivity contribution in [2.75, 3.05) is 17.2 Å². The second-order valence-corrected chi connectivity index (χ2v) is 8.43. The number of nitrogens with one attached hydrogen (secondary N) is 2. The lowest BCUT2D eigenvalue weighted by atomic mass is 10.2. The van der Waals surface area contributed by atoms with Gasteiger partial charge in [-0.15, -0.1) is 0 Å². The molecule has 0 bridgehead atoms. The fourth-order valence-electron chi connectivity index (χ4n) is 3.87. The molecular formula is C23H24ClN5O4. The number of amides is 3. The number of carbonyl (C=O) groups is 2. The van der Waals surface area contributed by atoms with Crippen LogP contribution in [0.4, 0.5) is 16.2 Å². The SMILES string of the molecule is Cc1cc(=O)n(-c2ccc(NC(=O)C3CC(O)CN3C(=O)Nc3ccc(Cl)cc3)cc2)n1C. The maximum atomic E-state index is 12.9. The highest BCUT2D eigenvalue weighted by atomic mass is 35.5. The molecule has 0 spiro atoms. The number of rotatable bonds is 4. The average molecular weight is 470 g/mol. The second-order valence-electron chi connectivity index (χ2n) is 7.99. The lowest BCUT2D eigenvalue weighted by molar-refractivity contribution is -0.119. The third-order valence-corrected chi connectivity index (χ3v) is 5.92. The average Bonchev–Trinajstić information content (AvgIpc) is 3.29. The van der Waals surface area contributed by atoms with Crippen LogP contribution in [0, 0.1) is 6.92 Å². The summed E-state index contributed by atoms with van der Waals surface area (Å²) in [6, 6.07) is 13.7. The molecule has 0 radical (unpaired) electrons. The molecule has 1 aliphatic heterocycles. The van der Waals surface area contributed by atoms with E-state index in [2.05, 4.69) is 10.6 Å². The van der Waals surface area contributed by atoms with Gasteiger partial charge in [0.05, 0.1) is 11.8 Å². The fraction of sp³-hybridized carbons (Fsp3) is 0.261. The van der Waals surface area contributed by atoms with Gasteiger partial charge in [0.25, 0.3) is 5.56 Å². The quantitative estimate of drug-likeness (QED) is 0.546. The largest absolute Gasteiger partial charge is 0.391 e. The maximum Gasteiger partial charge on any atom is 0.322 e.